The van der Waals surface area contributed by atoms with E-state index in [1.165, 1.54) is 0 Å². The van der Waals surface area contributed by atoms with E-state index in [0.717, 1.165) is 30.9 Å². The summed E-state index contributed by atoms with van der Waals surface area (Å²) in [6, 6.07) is 3.88. The molecule has 1 heterocycles. The predicted octanol–water partition coefficient (Wildman–Crippen LogP) is 0.0734. The van der Waals surface area contributed by atoms with E-state index in [4.69, 9.17) is 4.42 Å². The van der Waals surface area contributed by atoms with Gasteiger partial charge in [-0.3, -0.25) is 0 Å². The number of hydrogen-bond donors (Lipinski definition) is 0. The van der Waals surface area contributed by atoms with Gasteiger partial charge in [-0.05, 0) is 0 Å². The third kappa shape index (κ3) is 0.869. The van der Waals surface area contributed by atoms with Gasteiger partial charge in [0.1, 0.15) is 0 Å². The molecule has 0 aliphatic rings. The normalized spacial score (nSPS) is 9.00. The molecule has 0 atom stereocenters. The molecule has 0 radical (unpaired) electrons. The van der Waals surface area contributed by atoms with E-state index >= 15 is 0 Å². The van der Waals surface area contributed by atoms with E-state index < -0.39 is 0 Å². The molecule has 1 rings (SSSR count). The maximum atomic E-state index is 4.90. The van der Waals surface area contributed by atoms with Gasteiger partial charge in [-0.15, -0.1) is 0 Å². The summed E-state index contributed by atoms with van der Waals surface area (Å²) in [4.78, 5) is 0. The Labute approximate surface area is 53.8 Å². The third-order valence-electron chi connectivity index (χ3n) is 0.663. The second kappa shape index (κ2) is 1.82. The van der Waals surface area contributed by atoms with Gasteiger partial charge < -0.3 is 0 Å². The average Bonchev–Trinajstić information content (AvgIpc) is 1.86. The van der Waals surface area contributed by atoms with E-state index in [-0.39, 0.29) is 0 Å². The first-order valence-corrected chi connectivity index (χ1v) is 2.90. The Morgan fingerprint density at radius 1 is 1.67 bits per heavy atom. The first-order chi connectivity index (χ1) is 2.89. The average molecular weight is 90.1 g/mol. The number of rotatable bonds is 0. The van der Waals surface area contributed by atoms with Crippen molar-refractivity contribution in [2.45, 2.75) is 0 Å². The Morgan fingerprint density at radius 3 is 2.67 bits per heavy atom. The number of hydrogen-bond acceptors (Lipinski definition) is 1. The molecule has 0 spiro atoms. The quantitative estimate of drug-likeness (QED) is 0.411. The zero-order valence-corrected chi connectivity index (χ0v) is 5.64. The van der Waals surface area contributed by atoms with Crippen molar-refractivity contribution in [1.29, 1.82) is 0 Å². The fourth-order valence-electron chi connectivity index (χ4n) is 0.361. The third-order valence-corrected chi connectivity index (χ3v) is 1.23. The topological polar surface area (TPSA) is 13.1 Å². The van der Waals surface area contributed by atoms with Crippen molar-refractivity contribution in [3.8, 4) is 0 Å². The molecule has 0 aliphatic heterocycles. The van der Waals surface area contributed by atoms with Crippen LogP contribution < -0.4 is 3.01 Å². The van der Waals surface area contributed by atoms with Crippen molar-refractivity contribution in [1.82, 2.24) is 0 Å². The monoisotopic (exact) mass is 90.0 g/mol. The van der Waals surface area contributed by atoms with Crippen molar-refractivity contribution in [3.05, 3.63) is 18.4 Å². The van der Waals surface area contributed by atoms with Gasteiger partial charge in [0, 0.05) is 0 Å². The van der Waals surface area contributed by atoms with Crippen LogP contribution in [0.1, 0.15) is 0 Å². The first kappa shape index (κ1) is 4.44. The van der Waals surface area contributed by atoms with E-state index in [2.05, 4.69) is 0 Å². The molecular weight excluding hydrogens is 87.0 g/mol. The fourth-order valence-corrected chi connectivity index (χ4v) is 0.689. The minimum atomic E-state index is 1.03. The molecule has 0 N–H and O–H groups in total. The van der Waals surface area contributed by atoms with Crippen molar-refractivity contribution in [2.75, 3.05) is 0 Å². The van der Waals surface area contributed by atoms with Gasteiger partial charge in [-0.1, -0.05) is 0 Å². The van der Waals surface area contributed by atoms with Gasteiger partial charge in [0.15, 0.2) is 0 Å². The van der Waals surface area contributed by atoms with E-state index in [1.807, 2.05) is 12.1 Å². The molecule has 0 fully saturated rings. The SMILES string of the molecule is [Na][c]1ccco1. The summed E-state index contributed by atoms with van der Waals surface area (Å²) in [6.07, 6.45) is 1.70. The summed E-state index contributed by atoms with van der Waals surface area (Å²) < 4.78 is 6.00. The Balaban J connectivity index is 3.05. The predicted molar refractivity (Wildman–Crippen MR) is 24.1 cm³/mol. The summed E-state index contributed by atoms with van der Waals surface area (Å²) in [6.45, 7) is 0. The summed E-state index contributed by atoms with van der Waals surface area (Å²) in [5.74, 6) is 0. The van der Waals surface area contributed by atoms with Crippen molar-refractivity contribution in [2.24, 2.45) is 0 Å². The molecule has 6 heavy (non-hydrogen) atoms. The van der Waals surface area contributed by atoms with Crippen LogP contribution in [0.4, 0.5) is 0 Å². The molecule has 0 saturated heterocycles. The molecule has 1 nitrogen and oxygen atoms in total. The first-order valence-electron chi connectivity index (χ1n) is 1.90. The molecule has 0 unspecified atom stereocenters. The van der Waals surface area contributed by atoms with Crippen molar-refractivity contribution in [3.63, 3.8) is 0 Å². The van der Waals surface area contributed by atoms with Crippen LogP contribution in [-0.2, 0) is 0 Å². The second-order valence-electron chi connectivity index (χ2n) is 1.22. The molecule has 0 aliphatic carbocycles. The molecule has 0 amide bonds. The van der Waals surface area contributed by atoms with Crippen LogP contribution in [0.3, 0.4) is 0 Å². The molecule has 1 aromatic heterocycles. The van der Waals surface area contributed by atoms with Crippen LogP contribution in [0.15, 0.2) is 22.8 Å². The van der Waals surface area contributed by atoms with Crippen LogP contribution in [0.25, 0.3) is 0 Å². The Morgan fingerprint density at radius 2 is 2.50 bits per heavy atom. The zero-order chi connectivity index (χ0) is 4.41. The van der Waals surface area contributed by atoms with Gasteiger partial charge in [-0.2, -0.15) is 0 Å². The molecule has 0 saturated carbocycles. The van der Waals surface area contributed by atoms with Gasteiger partial charge in [0.05, 0.1) is 0 Å². The molecule has 1 aromatic rings. The number of furan rings is 1. The van der Waals surface area contributed by atoms with Gasteiger partial charge >= 0.3 is 53.8 Å². The standard InChI is InChI=1S/C4H3O.Na/c1-2-4-5-3-1;/h1-3H;. The summed E-state index contributed by atoms with van der Waals surface area (Å²) in [5.41, 5.74) is 0. The maximum absolute atomic E-state index is 4.90. The van der Waals surface area contributed by atoms with Crippen molar-refractivity contribution >= 4 is 30.9 Å². The summed E-state index contributed by atoms with van der Waals surface area (Å²) in [5, 5.41) is 0. The van der Waals surface area contributed by atoms with E-state index in [1.54, 1.807) is 6.26 Å². The Bertz CT molecular complexity index is 111. The van der Waals surface area contributed by atoms with Crippen molar-refractivity contribution < 1.29 is 4.42 Å². The van der Waals surface area contributed by atoms with Crippen LogP contribution in [-0.4, -0.2) is 27.9 Å². The van der Waals surface area contributed by atoms with E-state index in [9.17, 15) is 0 Å². The van der Waals surface area contributed by atoms with Gasteiger partial charge in [0.2, 0.25) is 0 Å². The van der Waals surface area contributed by atoms with Crippen LogP contribution in [0.2, 0.25) is 0 Å². The van der Waals surface area contributed by atoms with Gasteiger partial charge in [-0.25, -0.2) is 0 Å². The summed E-state index contributed by atoms with van der Waals surface area (Å²) in [7, 11) is 0. The fraction of sp³-hybridized carbons (Fsp3) is 0. The molecule has 0 aromatic carbocycles. The second-order valence-corrected chi connectivity index (χ2v) is 2.21. The zero-order valence-electron chi connectivity index (χ0n) is 3.64. The molecule has 0 bridgehead atoms. The van der Waals surface area contributed by atoms with Gasteiger partial charge in [0.25, 0.3) is 0 Å². The molecule has 2 heteroatoms. The van der Waals surface area contributed by atoms with Crippen LogP contribution in [0, 0.1) is 0 Å². The Hall–Kier alpha value is 0.280. The molecular formula is C4H3NaO. The minimum absolute atomic E-state index is 1.03. The summed E-state index contributed by atoms with van der Waals surface area (Å²) >= 11 is 1.03. The van der Waals surface area contributed by atoms with Crippen LogP contribution >= 0.6 is 0 Å². The van der Waals surface area contributed by atoms with E-state index in [0.29, 0.717) is 0 Å². The van der Waals surface area contributed by atoms with Crippen LogP contribution in [0.5, 0.6) is 0 Å². The molecule has 26 valence electrons. The Kier molecular flexibility index (Phi) is 1.35.